The third kappa shape index (κ3) is 3.55. The first-order valence-electron chi connectivity index (χ1n) is 5.45. The third-order valence-electron chi connectivity index (χ3n) is 2.46. The van der Waals surface area contributed by atoms with Gasteiger partial charge in [-0.05, 0) is 46.6 Å². The molecule has 0 saturated heterocycles. The number of thiophene rings is 1. The molecule has 0 amide bonds. The summed E-state index contributed by atoms with van der Waals surface area (Å²) in [6.45, 7) is 1.85. The monoisotopic (exact) mass is 439 g/mol. The standard InChI is InChI=1S/C12H11Br2NO3S2/c1-7-3-11(19-12(7)14)20(16,17)15-9-4-8(13)5-10(6-9)18-2/h3-6,15H,1-2H3. The van der Waals surface area contributed by atoms with Crippen molar-refractivity contribution in [3.05, 3.63) is 38.1 Å². The van der Waals surface area contributed by atoms with Crippen molar-refractivity contribution in [2.75, 3.05) is 11.8 Å². The van der Waals surface area contributed by atoms with Gasteiger partial charge in [-0.1, -0.05) is 15.9 Å². The summed E-state index contributed by atoms with van der Waals surface area (Å²) in [5.74, 6) is 0.570. The van der Waals surface area contributed by atoms with Gasteiger partial charge in [-0.3, -0.25) is 4.72 Å². The van der Waals surface area contributed by atoms with Crippen molar-refractivity contribution in [2.45, 2.75) is 11.1 Å². The highest BCUT2D eigenvalue weighted by atomic mass is 79.9. The molecular formula is C12H11Br2NO3S2. The summed E-state index contributed by atoms with van der Waals surface area (Å²) in [5.41, 5.74) is 1.33. The molecule has 8 heteroatoms. The molecule has 1 heterocycles. The minimum atomic E-state index is -3.59. The van der Waals surface area contributed by atoms with Gasteiger partial charge in [0.2, 0.25) is 0 Å². The number of rotatable bonds is 4. The fraction of sp³-hybridized carbons (Fsp3) is 0.167. The zero-order valence-electron chi connectivity index (χ0n) is 10.6. The maximum absolute atomic E-state index is 12.3. The van der Waals surface area contributed by atoms with E-state index in [9.17, 15) is 8.42 Å². The minimum absolute atomic E-state index is 0.265. The van der Waals surface area contributed by atoms with E-state index < -0.39 is 10.0 Å². The van der Waals surface area contributed by atoms with E-state index in [0.717, 1.165) is 13.8 Å². The lowest BCUT2D eigenvalue weighted by atomic mass is 10.3. The molecule has 0 aliphatic heterocycles. The highest BCUT2D eigenvalue weighted by Gasteiger charge is 2.18. The number of methoxy groups -OCH3 is 1. The Morgan fingerprint density at radius 1 is 1.20 bits per heavy atom. The molecule has 0 fully saturated rings. The fourth-order valence-electron chi connectivity index (χ4n) is 1.51. The number of sulfonamides is 1. The lowest BCUT2D eigenvalue weighted by molar-refractivity contribution is 0.415. The zero-order chi connectivity index (χ0) is 14.9. The van der Waals surface area contributed by atoms with Crippen molar-refractivity contribution >= 4 is 58.9 Å². The largest absolute Gasteiger partial charge is 0.497 e. The molecule has 2 aromatic rings. The SMILES string of the molecule is COc1cc(Br)cc(NS(=O)(=O)c2cc(C)c(Br)s2)c1. The molecule has 0 aliphatic carbocycles. The predicted molar refractivity (Wildman–Crippen MR) is 88.3 cm³/mol. The number of benzene rings is 1. The smallest absolute Gasteiger partial charge is 0.271 e. The van der Waals surface area contributed by atoms with E-state index in [2.05, 4.69) is 36.6 Å². The number of hydrogen-bond donors (Lipinski definition) is 1. The number of hydrogen-bond acceptors (Lipinski definition) is 4. The van der Waals surface area contributed by atoms with Crippen LogP contribution in [0.25, 0.3) is 0 Å². The average Bonchev–Trinajstić information content (AvgIpc) is 2.69. The molecular weight excluding hydrogens is 430 g/mol. The average molecular weight is 441 g/mol. The number of anilines is 1. The quantitative estimate of drug-likeness (QED) is 0.766. The summed E-state index contributed by atoms with van der Waals surface area (Å²) in [6, 6.07) is 6.68. The van der Waals surface area contributed by atoms with E-state index in [4.69, 9.17) is 4.74 Å². The van der Waals surface area contributed by atoms with Crippen molar-refractivity contribution in [2.24, 2.45) is 0 Å². The molecule has 1 N–H and O–H groups in total. The Hall–Kier alpha value is -0.570. The summed E-state index contributed by atoms with van der Waals surface area (Å²) in [6.07, 6.45) is 0. The highest BCUT2D eigenvalue weighted by molar-refractivity contribution is 9.11. The lowest BCUT2D eigenvalue weighted by Gasteiger charge is -2.08. The molecule has 0 saturated carbocycles. The van der Waals surface area contributed by atoms with Crippen LogP contribution in [0.5, 0.6) is 5.75 Å². The molecule has 0 aliphatic rings. The summed E-state index contributed by atoms with van der Waals surface area (Å²) >= 11 is 7.82. The van der Waals surface area contributed by atoms with Gasteiger partial charge in [0.15, 0.2) is 0 Å². The third-order valence-corrected chi connectivity index (χ3v) is 6.91. The van der Waals surface area contributed by atoms with Crippen LogP contribution >= 0.6 is 43.2 Å². The molecule has 0 unspecified atom stereocenters. The van der Waals surface area contributed by atoms with Crippen molar-refractivity contribution in [1.82, 2.24) is 0 Å². The first-order valence-corrected chi connectivity index (χ1v) is 9.34. The summed E-state index contributed by atoms with van der Waals surface area (Å²) in [7, 11) is -2.07. The molecule has 2 rings (SSSR count). The maximum Gasteiger partial charge on any atom is 0.271 e. The van der Waals surface area contributed by atoms with E-state index in [0.29, 0.717) is 11.4 Å². The van der Waals surface area contributed by atoms with Gasteiger partial charge in [0.1, 0.15) is 9.96 Å². The first-order chi connectivity index (χ1) is 9.31. The fourth-order valence-corrected chi connectivity index (χ4v) is 5.25. The molecule has 0 radical (unpaired) electrons. The Kier molecular flexibility index (Phi) is 4.78. The van der Waals surface area contributed by atoms with Gasteiger partial charge in [-0.2, -0.15) is 0 Å². The van der Waals surface area contributed by atoms with Crippen LogP contribution in [0, 0.1) is 6.92 Å². The molecule has 0 bridgehead atoms. The maximum atomic E-state index is 12.3. The van der Waals surface area contributed by atoms with Gasteiger partial charge in [-0.25, -0.2) is 8.42 Å². The predicted octanol–water partition coefficient (Wildman–Crippen LogP) is 4.39. The number of aryl methyl sites for hydroxylation is 1. The second kappa shape index (κ2) is 6.05. The van der Waals surface area contributed by atoms with Crippen LogP contribution in [-0.2, 0) is 10.0 Å². The van der Waals surface area contributed by atoms with Crippen molar-refractivity contribution in [3.8, 4) is 5.75 Å². The van der Waals surface area contributed by atoms with Crippen LogP contribution in [0.15, 0.2) is 36.7 Å². The van der Waals surface area contributed by atoms with Crippen LogP contribution in [0.4, 0.5) is 5.69 Å². The van der Waals surface area contributed by atoms with Gasteiger partial charge in [0, 0.05) is 10.5 Å². The molecule has 4 nitrogen and oxygen atoms in total. The van der Waals surface area contributed by atoms with E-state index in [1.54, 1.807) is 24.3 Å². The van der Waals surface area contributed by atoms with Crippen molar-refractivity contribution in [1.29, 1.82) is 0 Å². The Bertz CT molecular complexity index is 722. The number of ether oxygens (including phenoxy) is 1. The summed E-state index contributed by atoms with van der Waals surface area (Å²) < 4.78 is 34.1. The van der Waals surface area contributed by atoms with Crippen molar-refractivity contribution < 1.29 is 13.2 Å². The van der Waals surface area contributed by atoms with Crippen LogP contribution in [-0.4, -0.2) is 15.5 Å². The van der Waals surface area contributed by atoms with Crippen molar-refractivity contribution in [3.63, 3.8) is 0 Å². The lowest BCUT2D eigenvalue weighted by Crippen LogP contribution is -2.11. The van der Waals surface area contributed by atoms with Crippen LogP contribution in [0.1, 0.15) is 5.56 Å². The van der Waals surface area contributed by atoms with Gasteiger partial charge < -0.3 is 4.74 Å². The topological polar surface area (TPSA) is 55.4 Å². The highest BCUT2D eigenvalue weighted by Crippen LogP contribution is 2.32. The summed E-state index contributed by atoms with van der Waals surface area (Å²) in [4.78, 5) is 0. The first kappa shape index (κ1) is 15.8. The normalized spacial score (nSPS) is 11.4. The van der Waals surface area contributed by atoms with Crippen LogP contribution in [0.2, 0.25) is 0 Å². The van der Waals surface area contributed by atoms with E-state index >= 15 is 0 Å². The summed E-state index contributed by atoms with van der Waals surface area (Å²) in [5, 5.41) is 0. The Morgan fingerprint density at radius 3 is 2.45 bits per heavy atom. The molecule has 1 aromatic carbocycles. The number of halogens is 2. The van der Waals surface area contributed by atoms with Gasteiger partial charge in [-0.15, -0.1) is 11.3 Å². The van der Waals surface area contributed by atoms with E-state index in [1.807, 2.05) is 6.92 Å². The minimum Gasteiger partial charge on any atom is -0.497 e. The second-order valence-corrected chi connectivity index (χ2v) is 9.20. The van der Waals surface area contributed by atoms with Gasteiger partial charge >= 0.3 is 0 Å². The Labute approximate surface area is 138 Å². The van der Waals surface area contributed by atoms with Gasteiger partial charge in [0.25, 0.3) is 10.0 Å². The molecule has 108 valence electrons. The van der Waals surface area contributed by atoms with Crippen LogP contribution in [0.3, 0.4) is 0 Å². The van der Waals surface area contributed by atoms with E-state index in [1.165, 1.54) is 18.4 Å². The Morgan fingerprint density at radius 2 is 1.90 bits per heavy atom. The Balaban J connectivity index is 2.35. The zero-order valence-corrected chi connectivity index (χ0v) is 15.4. The second-order valence-electron chi connectivity index (χ2n) is 4.01. The number of nitrogens with one attached hydrogen (secondary N) is 1. The molecule has 20 heavy (non-hydrogen) atoms. The molecule has 0 atom stereocenters. The molecule has 0 spiro atoms. The van der Waals surface area contributed by atoms with Crippen LogP contribution < -0.4 is 9.46 Å². The van der Waals surface area contributed by atoms with Gasteiger partial charge in [0.05, 0.1) is 16.6 Å². The molecule has 1 aromatic heterocycles. The van der Waals surface area contributed by atoms with E-state index in [-0.39, 0.29) is 4.21 Å².